The molecule has 29 heavy (non-hydrogen) atoms. The maximum Gasteiger partial charge on any atom is 0.337 e. The third-order valence-corrected chi connectivity index (χ3v) is 4.31. The molecular formula is C23H26N2O4. The summed E-state index contributed by atoms with van der Waals surface area (Å²) in [5.41, 5.74) is 3.07. The fraction of sp³-hybridized carbons (Fsp3) is 0.261. The molecule has 6 nitrogen and oxygen atoms in total. The highest BCUT2D eigenvalue weighted by molar-refractivity contribution is 6.10. The maximum atomic E-state index is 12.3. The predicted molar refractivity (Wildman–Crippen MR) is 114 cm³/mol. The molecule has 0 saturated carbocycles. The van der Waals surface area contributed by atoms with Crippen molar-refractivity contribution >= 4 is 29.2 Å². The smallest absolute Gasteiger partial charge is 0.337 e. The molecule has 0 radical (unpaired) electrons. The molecule has 0 atom stereocenters. The van der Waals surface area contributed by atoms with Crippen LogP contribution in [0.5, 0.6) is 0 Å². The Bertz CT molecular complexity index is 884. The third kappa shape index (κ3) is 6.92. The summed E-state index contributed by atoms with van der Waals surface area (Å²) in [6, 6.07) is 14.0. The molecule has 0 aliphatic carbocycles. The first-order valence-electron chi connectivity index (χ1n) is 9.51. The Hall–Kier alpha value is -3.41. The second-order valence-corrected chi connectivity index (χ2v) is 6.64. The van der Waals surface area contributed by atoms with Crippen molar-refractivity contribution in [1.82, 2.24) is 0 Å². The summed E-state index contributed by atoms with van der Waals surface area (Å²) in [5, 5.41) is 5.44. The van der Waals surface area contributed by atoms with E-state index in [1.807, 2.05) is 24.3 Å². The van der Waals surface area contributed by atoms with Crippen molar-refractivity contribution in [2.75, 3.05) is 17.7 Å². The molecule has 2 rings (SSSR count). The number of anilines is 2. The van der Waals surface area contributed by atoms with Crippen molar-refractivity contribution in [3.63, 3.8) is 0 Å². The van der Waals surface area contributed by atoms with Crippen LogP contribution < -0.4 is 10.6 Å². The average Bonchev–Trinajstić information content (AvgIpc) is 2.73. The van der Waals surface area contributed by atoms with E-state index in [0.29, 0.717) is 16.9 Å². The highest BCUT2D eigenvalue weighted by Gasteiger charge is 2.09. The highest BCUT2D eigenvalue weighted by Crippen LogP contribution is 2.13. The minimum absolute atomic E-state index is 0.263. The van der Waals surface area contributed by atoms with Crippen LogP contribution in [0.4, 0.5) is 11.4 Å². The molecule has 0 fully saturated rings. The minimum Gasteiger partial charge on any atom is -0.465 e. The molecule has 0 unspecified atom stereocenters. The van der Waals surface area contributed by atoms with Gasteiger partial charge in [-0.2, -0.15) is 0 Å². The quantitative estimate of drug-likeness (QED) is 0.515. The van der Waals surface area contributed by atoms with Crippen LogP contribution in [-0.2, 0) is 20.7 Å². The molecule has 6 heteroatoms. The molecule has 0 bridgehead atoms. The van der Waals surface area contributed by atoms with Crippen LogP contribution in [0.1, 0.15) is 42.6 Å². The lowest BCUT2D eigenvalue weighted by Crippen LogP contribution is -2.16. The summed E-state index contributed by atoms with van der Waals surface area (Å²) >= 11 is 0. The SMILES string of the molecule is CCCCc1ccc(NC(=O)/C=C(\C)C(=O)Nc2ccc(C(=O)OC)cc2)cc1. The largest absolute Gasteiger partial charge is 0.465 e. The first-order chi connectivity index (χ1) is 13.9. The number of unbranched alkanes of at least 4 members (excludes halogenated alkanes) is 1. The summed E-state index contributed by atoms with van der Waals surface area (Å²) in [7, 11) is 1.30. The first-order valence-corrected chi connectivity index (χ1v) is 9.51. The van der Waals surface area contributed by atoms with Gasteiger partial charge in [0.2, 0.25) is 5.91 Å². The van der Waals surface area contributed by atoms with Crippen molar-refractivity contribution < 1.29 is 19.1 Å². The van der Waals surface area contributed by atoms with Gasteiger partial charge in [-0.25, -0.2) is 4.79 Å². The minimum atomic E-state index is -0.450. The third-order valence-electron chi connectivity index (χ3n) is 4.31. The average molecular weight is 394 g/mol. The Morgan fingerprint density at radius 2 is 1.52 bits per heavy atom. The van der Waals surface area contributed by atoms with E-state index in [1.54, 1.807) is 31.2 Å². The molecule has 0 aliphatic rings. The zero-order chi connectivity index (χ0) is 21.2. The second kappa shape index (κ2) is 10.8. The molecule has 2 aromatic rings. The molecule has 0 spiro atoms. The maximum absolute atomic E-state index is 12.3. The van der Waals surface area contributed by atoms with E-state index >= 15 is 0 Å². The number of amides is 2. The zero-order valence-corrected chi connectivity index (χ0v) is 17.0. The molecule has 0 heterocycles. The van der Waals surface area contributed by atoms with E-state index in [-0.39, 0.29) is 11.5 Å². The molecule has 0 aromatic heterocycles. The number of methoxy groups -OCH3 is 1. The van der Waals surface area contributed by atoms with E-state index in [1.165, 1.54) is 18.7 Å². The number of carbonyl (C=O) groups is 3. The van der Waals surface area contributed by atoms with Crippen LogP contribution in [0, 0.1) is 0 Å². The first kappa shape index (κ1) is 21.9. The van der Waals surface area contributed by atoms with Gasteiger partial charge in [-0.15, -0.1) is 0 Å². The Morgan fingerprint density at radius 3 is 2.10 bits per heavy atom. The van der Waals surface area contributed by atoms with Gasteiger partial charge in [0, 0.05) is 23.0 Å². The number of carbonyl (C=O) groups excluding carboxylic acids is 3. The van der Waals surface area contributed by atoms with Gasteiger partial charge in [-0.05, 0) is 61.7 Å². The van der Waals surface area contributed by atoms with Gasteiger partial charge in [-0.1, -0.05) is 25.5 Å². The van der Waals surface area contributed by atoms with Crippen LogP contribution in [0.2, 0.25) is 0 Å². The highest BCUT2D eigenvalue weighted by atomic mass is 16.5. The van der Waals surface area contributed by atoms with E-state index in [0.717, 1.165) is 19.3 Å². The summed E-state index contributed by atoms with van der Waals surface area (Å²) in [4.78, 5) is 35.9. The number of hydrogen-bond acceptors (Lipinski definition) is 4. The van der Waals surface area contributed by atoms with Crippen LogP contribution in [0.3, 0.4) is 0 Å². The Labute approximate surface area is 171 Å². The summed E-state index contributed by atoms with van der Waals surface area (Å²) < 4.78 is 4.63. The number of hydrogen-bond donors (Lipinski definition) is 2. The van der Waals surface area contributed by atoms with E-state index < -0.39 is 11.9 Å². The van der Waals surface area contributed by atoms with Gasteiger partial charge in [0.05, 0.1) is 12.7 Å². The normalized spacial score (nSPS) is 10.9. The zero-order valence-electron chi connectivity index (χ0n) is 17.0. The van der Waals surface area contributed by atoms with Gasteiger partial charge in [0.1, 0.15) is 0 Å². The summed E-state index contributed by atoms with van der Waals surface area (Å²) in [6.45, 7) is 3.71. The van der Waals surface area contributed by atoms with Gasteiger partial charge in [0.25, 0.3) is 5.91 Å². The number of aryl methyl sites for hydroxylation is 1. The fourth-order valence-electron chi connectivity index (χ4n) is 2.61. The lowest BCUT2D eigenvalue weighted by Gasteiger charge is -2.07. The van der Waals surface area contributed by atoms with Crippen LogP contribution in [0.15, 0.2) is 60.2 Å². The standard InChI is InChI=1S/C23H26N2O4/c1-4-5-6-17-7-11-19(12-8-17)24-21(26)15-16(2)22(27)25-20-13-9-18(10-14-20)23(28)29-3/h7-15H,4-6H2,1-3H3,(H,24,26)(H,25,27)/b16-15+. The Kier molecular flexibility index (Phi) is 8.15. The van der Waals surface area contributed by atoms with Crippen molar-refractivity contribution in [1.29, 1.82) is 0 Å². The molecule has 152 valence electrons. The molecule has 0 saturated heterocycles. The molecule has 2 N–H and O–H groups in total. The second-order valence-electron chi connectivity index (χ2n) is 6.64. The number of esters is 1. The van der Waals surface area contributed by atoms with Crippen molar-refractivity contribution in [2.45, 2.75) is 33.1 Å². The van der Waals surface area contributed by atoms with Crippen molar-refractivity contribution in [3.05, 3.63) is 71.3 Å². The fourth-order valence-corrected chi connectivity index (χ4v) is 2.61. The van der Waals surface area contributed by atoms with Crippen molar-refractivity contribution in [2.24, 2.45) is 0 Å². The number of rotatable bonds is 8. The van der Waals surface area contributed by atoms with E-state index in [4.69, 9.17) is 0 Å². The van der Waals surface area contributed by atoms with Crippen molar-refractivity contribution in [3.8, 4) is 0 Å². The van der Waals surface area contributed by atoms with E-state index in [9.17, 15) is 14.4 Å². The van der Waals surface area contributed by atoms with Crippen LogP contribution >= 0.6 is 0 Å². The Balaban J connectivity index is 1.92. The van der Waals surface area contributed by atoms with E-state index in [2.05, 4.69) is 22.3 Å². The molecule has 2 aromatic carbocycles. The predicted octanol–water partition coefficient (Wildman–Crippen LogP) is 4.34. The van der Waals surface area contributed by atoms with Gasteiger partial charge < -0.3 is 15.4 Å². The van der Waals surface area contributed by atoms with Crippen LogP contribution in [0.25, 0.3) is 0 Å². The summed E-state index contributed by atoms with van der Waals surface area (Å²) in [6.07, 6.45) is 4.54. The monoisotopic (exact) mass is 394 g/mol. The van der Waals surface area contributed by atoms with Gasteiger partial charge in [0.15, 0.2) is 0 Å². The summed E-state index contributed by atoms with van der Waals surface area (Å²) in [5.74, 6) is -1.23. The van der Waals surface area contributed by atoms with Gasteiger partial charge >= 0.3 is 5.97 Å². The molecule has 0 aliphatic heterocycles. The number of benzene rings is 2. The molecular weight excluding hydrogens is 368 g/mol. The lowest BCUT2D eigenvalue weighted by atomic mass is 10.1. The topological polar surface area (TPSA) is 84.5 Å². The Morgan fingerprint density at radius 1 is 0.931 bits per heavy atom. The van der Waals surface area contributed by atoms with Gasteiger partial charge in [-0.3, -0.25) is 9.59 Å². The number of nitrogens with one attached hydrogen (secondary N) is 2. The van der Waals surface area contributed by atoms with Crippen LogP contribution in [-0.4, -0.2) is 24.9 Å². The lowest BCUT2D eigenvalue weighted by molar-refractivity contribution is -0.114. The number of ether oxygens (including phenoxy) is 1. The molecule has 2 amide bonds.